The van der Waals surface area contributed by atoms with E-state index in [0.717, 1.165) is 11.6 Å². The molecule has 23 heavy (non-hydrogen) atoms. The number of aryl methyl sites for hydroxylation is 1. The molecule has 0 spiro atoms. The van der Waals surface area contributed by atoms with Crippen LogP contribution in [0.4, 0.5) is 5.69 Å². The maximum atomic E-state index is 11.9. The normalized spacial score (nSPS) is 10.5. The SMILES string of the molecule is Cc1cccc(OCC(=O)Nc2cccc(/C=C/C(=O)O)c2)c1. The van der Waals surface area contributed by atoms with Gasteiger partial charge >= 0.3 is 5.97 Å². The summed E-state index contributed by atoms with van der Waals surface area (Å²) in [5, 5.41) is 11.3. The monoisotopic (exact) mass is 311 g/mol. The van der Waals surface area contributed by atoms with Gasteiger partial charge in [-0.15, -0.1) is 0 Å². The average Bonchev–Trinajstić information content (AvgIpc) is 2.51. The van der Waals surface area contributed by atoms with Crippen LogP contribution in [0.5, 0.6) is 5.75 Å². The van der Waals surface area contributed by atoms with Gasteiger partial charge in [-0.25, -0.2) is 4.79 Å². The highest BCUT2D eigenvalue weighted by Gasteiger charge is 2.04. The zero-order valence-corrected chi connectivity index (χ0v) is 12.7. The Kier molecular flexibility index (Phi) is 5.52. The van der Waals surface area contributed by atoms with E-state index in [4.69, 9.17) is 9.84 Å². The van der Waals surface area contributed by atoms with Crippen molar-refractivity contribution in [3.05, 3.63) is 65.7 Å². The van der Waals surface area contributed by atoms with Crippen molar-refractivity contribution in [1.29, 1.82) is 0 Å². The van der Waals surface area contributed by atoms with Gasteiger partial charge < -0.3 is 15.2 Å². The highest BCUT2D eigenvalue weighted by atomic mass is 16.5. The molecule has 0 heterocycles. The van der Waals surface area contributed by atoms with E-state index < -0.39 is 5.97 Å². The van der Waals surface area contributed by atoms with Crippen molar-refractivity contribution in [1.82, 2.24) is 0 Å². The molecule has 118 valence electrons. The fraction of sp³-hybridized carbons (Fsp3) is 0.111. The minimum Gasteiger partial charge on any atom is -0.484 e. The Bertz CT molecular complexity index is 737. The standard InChI is InChI=1S/C18H17NO4/c1-13-4-2-7-16(10-13)23-12-17(20)19-15-6-3-5-14(11-15)8-9-18(21)22/h2-11H,12H2,1H3,(H,19,20)(H,21,22)/b9-8+. The molecule has 0 aliphatic rings. The van der Waals surface area contributed by atoms with E-state index in [-0.39, 0.29) is 12.5 Å². The number of hydrogen-bond donors (Lipinski definition) is 2. The molecule has 0 aromatic heterocycles. The molecule has 0 radical (unpaired) electrons. The first kappa shape index (κ1) is 16.3. The summed E-state index contributed by atoms with van der Waals surface area (Å²) >= 11 is 0. The number of amides is 1. The number of carbonyl (C=O) groups is 2. The first-order valence-electron chi connectivity index (χ1n) is 7.03. The fourth-order valence-electron chi connectivity index (χ4n) is 1.94. The van der Waals surface area contributed by atoms with Crippen molar-refractivity contribution in [2.45, 2.75) is 6.92 Å². The molecule has 0 fully saturated rings. The molecule has 5 nitrogen and oxygen atoms in total. The minimum absolute atomic E-state index is 0.0986. The lowest BCUT2D eigenvalue weighted by Gasteiger charge is -2.08. The van der Waals surface area contributed by atoms with Crippen molar-refractivity contribution in [2.75, 3.05) is 11.9 Å². The Morgan fingerprint density at radius 3 is 2.70 bits per heavy atom. The third-order valence-electron chi connectivity index (χ3n) is 2.95. The Labute approximate surface area is 134 Å². The quantitative estimate of drug-likeness (QED) is 0.804. The van der Waals surface area contributed by atoms with Crippen LogP contribution >= 0.6 is 0 Å². The van der Waals surface area contributed by atoms with Crippen LogP contribution in [0.2, 0.25) is 0 Å². The molecular weight excluding hydrogens is 294 g/mol. The summed E-state index contributed by atoms with van der Waals surface area (Å²) in [6, 6.07) is 14.3. The van der Waals surface area contributed by atoms with Crippen molar-refractivity contribution in [3.63, 3.8) is 0 Å². The minimum atomic E-state index is -1.02. The van der Waals surface area contributed by atoms with Crippen LogP contribution in [-0.2, 0) is 9.59 Å². The molecule has 2 N–H and O–H groups in total. The van der Waals surface area contributed by atoms with Crippen LogP contribution in [0.25, 0.3) is 6.08 Å². The molecule has 5 heteroatoms. The van der Waals surface area contributed by atoms with Crippen LogP contribution in [0.3, 0.4) is 0 Å². The van der Waals surface area contributed by atoms with Gasteiger partial charge in [0.15, 0.2) is 6.61 Å². The van der Waals surface area contributed by atoms with E-state index in [1.165, 1.54) is 6.08 Å². The van der Waals surface area contributed by atoms with Crippen molar-refractivity contribution in [2.24, 2.45) is 0 Å². The van der Waals surface area contributed by atoms with Crippen molar-refractivity contribution < 1.29 is 19.4 Å². The third kappa shape index (κ3) is 5.67. The lowest BCUT2D eigenvalue weighted by molar-refractivity contribution is -0.131. The van der Waals surface area contributed by atoms with E-state index in [0.29, 0.717) is 17.0 Å². The van der Waals surface area contributed by atoms with E-state index in [9.17, 15) is 9.59 Å². The predicted molar refractivity (Wildman–Crippen MR) is 88.4 cm³/mol. The highest BCUT2D eigenvalue weighted by Crippen LogP contribution is 2.14. The number of aliphatic carboxylic acids is 1. The smallest absolute Gasteiger partial charge is 0.328 e. The zero-order chi connectivity index (χ0) is 16.7. The van der Waals surface area contributed by atoms with Gasteiger partial charge in [-0.05, 0) is 48.4 Å². The first-order chi connectivity index (χ1) is 11.0. The fourth-order valence-corrected chi connectivity index (χ4v) is 1.94. The van der Waals surface area contributed by atoms with Gasteiger partial charge in [0.2, 0.25) is 0 Å². The summed E-state index contributed by atoms with van der Waals surface area (Å²) in [4.78, 5) is 22.4. The third-order valence-corrected chi connectivity index (χ3v) is 2.95. The molecule has 0 unspecified atom stereocenters. The summed E-state index contributed by atoms with van der Waals surface area (Å²) in [6.45, 7) is 1.85. The molecule has 2 rings (SSSR count). The van der Waals surface area contributed by atoms with Gasteiger partial charge in [0.25, 0.3) is 5.91 Å². The number of ether oxygens (including phenoxy) is 1. The molecule has 2 aromatic carbocycles. The summed E-state index contributed by atoms with van der Waals surface area (Å²) < 4.78 is 5.43. The molecule has 0 saturated heterocycles. The number of rotatable bonds is 6. The second kappa shape index (κ2) is 7.79. The van der Waals surface area contributed by atoms with Crippen LogP contribution < -0.4 is 10.1 Å². The molecule has 0 bridgehead atoms. The maximum Gasteiger partial charge on any atom is 0.328 e. The largest absolute Gasteiger partial charge is 0.484 e. The second-order valence-electron chi connectivity index (χ2n) is 4.95. The van der Waals surface area contributed by atoms with Crippen LogP contribution in [0, 0.1) is 6.92 Å². The number of carboxylic acid groups (broad SMARTS) is 1. The van der Waals surface area contributed by atoms with Gasteiger partial charge in [-0.2, -0.15) is 0 Å². The molecule has 0 atom stereocenters. The first-order valence-corrected chi connectivity index (χ1v) is 7.03. The van der Waals surface area contributed by atoms with E-state index in [1.54, 1.807) is 30.3 Å². The Hall–Kier alpha value is -3.08. The van der Waals surface area contributed by atoms with Gasteiger partial charge in [-0.3, -0.25) is 4.79 Å². The number of benzene rings is 2. The number of hydrogen-bond acceptors (Lipinski definition) is 3. The number of anilines is 1. The summed E-state index contributed by atoms with van der Waals surface area (Å²) in [5.41, 5.74) is 2.32. The molecule has 0 aliphatic carbocycles. The Morgan fingerprint density at radius 1 is 1.17 bits per heavy atom. The summed E-state index contributed by atoms with van der Waals surface area (Å²) in [6.07, 6.45) is 2.50. The Morgan fingerprint density at radius 2 is 1.96 bits per heavy atom. The zero-order valence-electron chi connectivity index (χ0n) is 12.7. The second-order valence-corrected chi connectivity index (χ2v) is 4.95. The molecule has 0 saturated carbocycles. The average molecular weight is 311 g/mol. The predicted octanol–water partition coefficient (Wildman–Crippen LogP) is 3.11. The van der Waals surface area contributed by atoms with Gasteiger partial charge in [0.05, 0.1) is 0 Å². The van der Waals surface area contributed by atoms with Crippen LogP contribution in [0.1, 0.15) is 11.1 Å². The number of carbonyl (C=O) groups excluding carboxylic acids is 1. The molecule has 1 amide bonds. The van der Waals surface area contributed by atoms with Gasteiger partial charge in [0.1, 0.15) is 5.75 Å². The number of carboxylic acids is 1. The van der Waals surface area contributed by atoms with Crippen molar-refractivity contribution in [3.8, 4) is 5.75 Å². The van der Waals surface area contributed by atoms with E-state index in [1.807, 2.05) is 25.1 Å². The summed E-state index contributed by atoms with van der Waals surface area (Å²) in [7, 11) is 0. The van der Waals surface area contributed by atoms with Gasteiger partial charge in [0, 0.05) is 11.8 Å². The Balaban J connectivity index is 1.92. The number of nitrogens with one attached hydrogen (secondary N) is 1. The molecule has 0 aliphatic heterocycles. The maximum absolute atomic E-state index is 11.9. The van der Waals surface area contributed by atoms with Crippen LogP contribution in [-0.4, -0.2) is 23.6 Å². The van der Waals surface area contributed by atoms with E-state index >= 15 is 0 Å². The molecular formula is C18H17NO4. The summed E-state index contributed by atoms with van der Waals surface area (Å²) in [5.74, 6) is -0.671. The van der Waals surface area contributed by atoms with Crippen molar-refractivity contribution >= 4 is 23.6 Å². The topological polar surface area (TPSA) is 75.6 Å². The molecule has 2 aromatic rings. The highest BCUT2D eigenvalue weighted by molar-refractivity contribution is 5.92. The van der Waals surface area contributed by atoms with Gasteiger partial charge in [-0.1, -0.05) is 24.3 Å². The lowest BCUT2D eigenvalue weighted by atomic mass is 10.2. The van der Waals surface area contributed by atoms with E-state index in [2.05, 4.69) is 5.32 Å². The lowest BCUT2D eigenvalue weighted by Crippen LogP contribution is -2.20. The van der Waals surface area contributed by atoms with Crippen LogP contribution in [0.15, 0.2) is 54.6 Å².